The number of carbonyl (C=O) groups excluding carboxylic acids is 1. The van der Waals surface area contributed by atoms with E-state index in [4.69, 9.17) is 5.11 Å². The van der Waals surface area contributed by atoms with Crippen molar-refractivity contribution in [3.05, 3.63) is 0 Å². The molecule has 0 aromatic carbocycles. The molecule has 102 valence electrons. The van der Waals surface area contributed by atoms with E-state index in [0.717, 1.165) is 12.5 Å². The molecular weight excluding hydrogens is 232 g/mol. The molecule has 1 aliphatic heterocycles. The summed E-state index contributed by atoms with van der Waals surface area (Å²) in [5, 5.41) is 11.8. The third-order valence-corrected chi connectivity index (χ3v) is 4.30. The van der Waals surface area contributed by atoms with Crippen LogP contribution >= 0.6 is 0 Å². The van der Waals surface area contributed by atoms with Crippen molar-refractivity contribution in [1.29, 1.82) is 0 Å². The van der Waals surface area contributed by atoms with Gasteiger partial charge < -0.3 is 15.3 Å². The minimum Gasteiger partial charge on any atom is -0.481 e. The molecule has 0 aromatic heterocycles. The first kappa shape index (κ1) is 13.2. The summed E-state index contributed by atoms with van der Waals surface area (Å²) in [6, 6.07) is -0.0451. The summed E-state index contributed by atoms with van der Waals surface area (Å²) in [6.45, 7) is 5.74. The number of likely N-dealkylation sites (tertiary alicyclic amines) is 1. The summed E-state index contributed by atoms with van der Waals surface area (Å²) in [6.07, 6.45) is 2.58. The number of hydrogen-bond acceptors (Lipinski definition) is 2. The molecule has 2 N–H and O–H groups in total. The average molecular weight is 254 g/mol. The number of nitrogens with one attached hydrogen (secondary N) is 1. The van der Waals surface area contributed by atoms with E-state index in [1.165, 1.54) is 12.8 Å². The Balaban J connectivity index is 1.65. The Bertz CT molecular complexity index is 335. The first-order chi connectivity index (χ1) is 8.49. The number of carbonyl (C=O) groups is 2. The van der Waals surface area contributed by atoms with Gasteiger partial charge in [-0.1, -0.05) is 13.8 Å². The maximum absolute atomic E-state index is 11.8. The van der Waals surface area contributed by atoms with Crippen molar-refractivity contribution in [3.8, 4) is 0 Å². The van der Waals surface area contributed by atoms with Crippen LogP contribution in [0.2, 0.25) is 0 Å². The molecule has 0 spiro atoms. The van der Waals surface area contributed by atoms with Crippen LogP contribution in [-0.2, 0) is 4.79 Å². The molecule has 5 nitrogen and oxygen atoms in total. The van der Waals surface area contributed by atoms with Crippen LogP contribution in [0.5, 0.6) is 0 Å². The standard InChI is InChI=1S/C13H22N2O3/c1-8(10-3-4-10)5-14-13(18)15-6-11(7-15)9(2)12(16)17/h8-11H,3-7H2,1-2H3,(H,14,18)(H,16,17). The molecule has 5 heteroatoms. The largest absolute Gasteiger partial charge is 0.481 e. The number of aliphatic carboxylic acids is 1. The molecule has 0 bridgehead atoms. The van der Waals surface area contributed by atoms with Crippen molar-refractivity contribution in [1.82, 2.24) is 10.2 Å². The Morgan fingerprint density at radius 2 is 1.89 bits per heavy atom. The van der Waals surface area contributed by atoms with Gasteiger partial charge in [-0.3, -0.25) is 4.79 Å². The molecule has 18 heavy (non-hydrogen) atoms. The highest BCUT2D eigenvalue weighted by molar-refractivity contribution is 5.76. The molecule has 1 saturated heterocycles. The van der Waals surface area contributed by atoms with Gasteiger partial charge in [-0.05, 0) is 24.7 Å². The first-order valence-electron chi connectivity index (χ1n) is 6.74. The summed E-state index contributed by atoms with van der Waals surface area (Å²) in [5.41, 5.74) is 0. The maximum atomic E-state index is 11.8. The predicted octanol–water partition coefficient (Wildman–Crippen LogP) is 1.39. The van der Waals surface area contributed by atoms with Crippen LogP contribution in [-0.4, -0.2) is 41.6 Å². The SMILES string of the molecule is CC(CNC(=O)N1CC(C(C)C(=O)O)C1)C1CC1. The molecule has 0 aromatic rings. The molecule has 2 aliphatic rings. The molecule has 1 aliphatic carbocycles. The molecule has 2 fully saturated rings. The number of carboxylic acids is 1. The second-order valence-corrected chi connectivity index (χ2v) is 5.79. The topological polar surface area (TPSA) is 69.6 Å². The van der Waals surface area contributed by atoms with E-state index in [1.54, 1.807) is 11.8 Å². The van der Waals surface area contributed by atoms with E-state index in [2.05, 4.69) is 12.2 Å². The van der Waals surface area contributed by atoms with Gasteiger partial charge in [0.15, 0.2) is 0 Å². The van der Waals surface area contributed by atoms with E-state index in [-0.39, 0.29) is 17.9 Å². The van der Waals surface area contributed by atoms with E-state index >= 15 is 0 Å². The maximum Gasteiger partial charge on any atom is 0.317 e. The van der Waals surface area contributed by atoms with Gasteiger partial charge in [0.05, 0.1) is 5.92 Å². The normalized spacial score (nSPS) is 23.1. The number of rotatable bonds is 5. The minimum absolute atomic E-state index is 0.0451. The van der Waals surface area contributed by atoms with Gasteiger partial charge in [-0.25, -0.2) is 4.79 Å². The van der Waals surface area contributed by atoms with E-state index in [9.17, 15) is 9.59 Å². The quantitative estimate of drug-likeness (QED) is 0.779. The zero-order valence-electron chi connectivity index (χ0n) is 11.1. The summed E-state index contributed by atoms with van der Waals surface area (Å²) in [4.78, 5) is 24.3. The summed E-state index contributed by atoms with van der Waals surface area (Å²) < 4.78 is 0. The molecule has 1 heterocycles. The smallest absolute Gasteiger partial charge is 0.317 e. The molecule has 0 radical (unpaired) electrons. The van der Waals surface area contributed by atoms with Crippen LogP contribution in [0.1, 0.15) is 26.7 Å². The molecule has 2 unspecified atom stereocenters. The van der Waals surface area contributed by atoms with Crippen molar-refractivity contribution >= 4 is 12.0 Å². The number of carboxylic acid groups (broad SMARTS) is 1. The van der Waals surface area contributed by atoms with Crippen LogP contribution in [0.15, 0.2) is 0 Å². The fourth-order valence-electron chi connectivity index (χ4n) is 2.39. The van der Waals surface area contributed by atoms with Gasteiger partial charge in [0, 0.05) is 25.6 Å². The highest BCUT2D eigenvalue weighted by atomic mass is 16.4. The van der Waals surface area contributed by atoms with Gasteiger partial charge in [0.1, 0.15) is 0 Å². The average Bonchev–Trinajstić information content (AvgIpc) is 3.07. The molecule has 2 rings (SSSR count). The number of amides is 2. The molecule has 2 atom stereocenters. The minimum atomic E-state index is -0.776. The van der Waals surface area contributed by atoms with Gasteiger partial charge in [-0.15, -0.1) is 0 Å². The lowest BCUT2D eigenvalue weighted by molar-refractivity contribution is -0.144. The summed E-state index contributed by atoms with van der Waals surface area (Å²) >= 11 is 0. The Kier molecular flexibility index (Phi) is 3.78. The Labute approximate surface area is 108 Å². The Morgan fingerprint density at radius 1 is 1.28 bits per heavy atom. The molecular formula is C13H22N2O3. The van der Waals surface area contributed by atoms with Crippen molar-refractivity contribution in [2.75, 3.05) is 19.6 Å². The van der Waals surface area contributed by atoms with Crippen LogP contribution < -0.4 is 5.32 Å². The van der Waals surface area contributed by atoms with Gasteiger partial charge in [0.2, 0.25) is 0 Å². The van der Waals surface area contributed by atoms with E-state index in [1.807, 2.05) is 0 Å². The number of urea groups is 1. The Hall–Kier alpha value is -1.26. The lowest BCUT2D eigenvalue weighted by Crippen LogP contribution is -2.56. The highest BCUT2D eigenvalue weighted by Gasteiger charge is 2.37. The summed E-state index contributed by atoms with van der Waals surface area (Å²) in [7, 11) is 0. The van der Waals surface area contributed by atoms with Crippen molar-refractivity contribution in [2.45, 2.75) is 26.7 Å². The highest BCUT2D eigenvalue weighted by Crippen LogP contribution is 2.36. The Morgan fingerprint density at radius 3 is 2.39 bits per heavy atom. The van der Waals surface area contributed by atoms with Crippen molar-refractivity contribution in [2.24, 2.45) is 23.7 Å². The third-order valence-electron chi connectivity index (χ3n) is 4.30. The van der Waals surface area contributed by atoms with Crippen LogP contribution in [0.4, 0.5) is 4.79 Å². The lowest BCUT2D eigenvalue weighted by atomic mass is 9.87. The second-order valence-electron chi connectivity index (χ2n) is 5.79. The van der Waals surface area contributed by atoms with Gasteiger partial charge >= 0.3 is 12.0 Å². The number of hydrogen-bond donors (Lipinski definition) is 2. The molecule has 1 saturated carbocycles. The second kappa shape index (κ2) is 5.16. The molecule has 2 amide bonds. The van der Waals surface area contributed by atoms with Gasteiger partial charge in [0.25, 0.3) is 0 Å². The summed E-state index contributed by atoms with van der Waals surface area (Å²) in [5.74, 6) is 0.321. The monoisotopic (exact) mass is 254 g/mol. The van der Waals surface area contributed by atoms with Crippen LogP contribution in [0.25, 0.3) is 0 Å². The zero-order chi connectivity index (χ0) is 13.3. The third kappa shape index (κ3) is 2.94. The van der Waals surface area contributed by atoms with E-state index in [0.29, 0.717) is 19.0 Å². The predicted molar refractivity (Wildman–Crippen MR) is 67.1 cm³/mol. The first-order valence-corrected chi connectivity index (χ1v) is 6.74. The van der Waals surface area contributed by atoms with Gasteiger partial charge in [-0.2, -0.15) is 0 Å². The van der Waals surface area contributed by atoms with Crippen LogP contribution in [0, 0.1) is 23.7 Å². The zero-order valence-corrected chi connectivity index (χ0v) is 11.1. The fourth-order valence-corrected chi connectivity index (χ4v) is 2.39. The van der Waals surface area contributed by atoms with Crippen molar-refractivity contribution < 1.29 is 14.7 Å². The fraction of sp³-hybridized carbons (Fsp3) is 0.846. The van der Waals surface area contributed by atoms with E-state index < -0.39 is 5.97 Å². The van der Waals surface area contributed by atoms with Crippen LogP contribution in [0.3, 0.4) is 0 Å². The lowest BCUT2D eigenvalue weighted by Gasteiger charge is -2.41. The number of nitrogens with zero attached hydrogens (tertiary/aromatic N) is 1. The van der Waals surface area contributed by atoms with Crippen molar-refractivity contribution in [3.63, 3.8) is 0 Å².